The number of terminal acetylenes is 1. The smallest absolute Gasteiger partial charge is 0.328 e. The lowest BCUT2D eigenvalue weighted by Gasteiger charge is -2.40. The molecule has 1 aromatic rings. The van der Waals surface area contributed by atoms with E-state index in [0.29, 0.717) is 25.0 Å². The van der Waals surface area contributed by atoms with Crippen molar-refractivity contribution in [2.45, 2.75) is 44.6 Å². The zero-order valence-electron chi connectivity index (χ0n) is 17.3. The van der Waals surface area contributed by atoms with Gasteiger partial charge in [0.15, 0.2) is 0 Å². The average molecular weight is 415 g/mol. The summed E-state index contributed by atoms with van der Waals surface area (Å²) in [6.07, 6.45) is 10.2. The Morgan fingerprint density at radius 3 is 2.17 bits per heavy atom. The Labute approximate surface area is 177 Å². The van der Waals surface area contributed by atoms with Gasteiger partial charge in [-0.25, -0.2) is 9.59 Å². The maximum Gasteiger partial charge on any atom is 0.328 e. The number of hydrogen-bond donors (Lipinski definition) is 2. The quantitative estimate of drug-likeness (QED) is 0.382. The molecule has 0 radical (unpaired) electrons. The molecule has 0 bridgehead atoms. The van der Waals surface area contributed by atoms with Gasteiger partial charge in [0.1, 0.15) is 5.60 Å². The van der Waals surface area contributed by atoms with Crippen LogP contribution >= 0.6 is 0 Å². The van der Waals surface area contributed by atoms with E-state index in [1.807, 2.05) is 13.0 Å². The third-order valence-corrected chi connectivity index (χ3v) is 4.74. The largest absolute Gasteiger partial charge is 0.478 e. The third kappa shape index (κ3) is 9.89. The van der Waals surface area contributed by atoms with Gasteiger partial charge in [0.2, 0.25) is 0 Å². The molecule has 1 fully saturated rings. The number of piperidine rings is 1. The van der Waals surface area contributed by atoms with E-state index < -0.39 is 17.5 Å². The van der Waals surface area contributed by atoms with Crippen molar-refractivity contribution in [2.24, 2.45) is 0 Å². The van der Waals surface area contributed by atoms with E-state index >= 15 is 0 Å². The first-order chi connectivity index (χ1) is 14.3. The number of likely N-dealkylation sites (tertiary alicyclic amines) is 1. The Balaban J connectivity index is 0.000000479. The number of carbonyl (C=O) groups is 3. The second kappa shape index (κ2) is 13.2. The molecule has 0 saturated carbocycles. The molecule has 7 heteroatoms. The van der Waals surface area contributed by atoms with E-state index in [4.69, 9.17) is 21.4 Å². The van der Waals surface area contributed by atoms with Crippen LogP contribution in [0.5, 0.6) is 0 Å². The van der Waals surface area contributed by atoms with Gasteiger partial charge in [0.05, 0.1) is 0 Å². The Morgan fingerprint density at radius 2 is 1.70 bits per heavy atom. The number of benzene rings is 1. The number of rotatable bonds is 8. The lowest BCUT2D eigenvalue weighted by atomic mass is 9.88. The summed E-state index contributed by atoms with van der Waals surface area (Å²) < 4.78 is 5.67. The molecule has 0 amide bonds. The third-order valence-electron chi connectivity index (χ3n) is 4.74. The Bertz CT molecular complexity index is 742. The predicted octanol–water partition coefficient (Wildman–Crippen LogP) is 2.75. The molecular weight excluding hydrogens is 386 g/mol. The average Bonchev–Trinajstić information content (AvgIpc) is 2.73. The molecule has 1 aromatic carbocycles. The molecular formula is C23H29NO6. The fourth-order valence-electron chi connectivity index (χ4n) is 3.07. The molecule has 1 saturated heterocycles. The standard InChI is InChI=1S/C19H25NO2.C4H4O4/c1-3-11-19(22-18(21)4-2)12-15-20(16-13-19)14-10-17-8-6-5-7-9-17;5-3(6)1-2-4(7)8/h1,5-9H,4,10-16H2,2H3;1-2H,(H,5,6)(H,7,8)/b;2-1+. The van der Waals surface area contributed by atoms with Crippen LogP contribution in [0.4, 0.5) is 0 Å². The van der Waals surface area contributed by atoms with Gasteiger partial charge in [-0.1, -0.05) is 37.3 Å². The van der Waals surface area contributed by atoms with Crippen LogP contribution in [0.1, 0.15) is 38.2 Å². The molecule has 0 spiro atoms. The fraction of sp³-hybridized carbons (Fsp3) is 0.435. The van der Waals surface area contributed by atoms with Crippen LogP contribution in [0, 0.1) is 12.3 Å². The van der Waals surface area contributed by atoms with Crippen LogP contribution in [-0.4, -0.2) is 58.3 Å². The lowest BCUT2D eigenvalue weighted by Crippen LogP contribution is -2.47. The first-order valence-corrected chi connectivity index (χ1v) is 9.85. The highest BCUT2D eigenvalue weighted by molar-refractivity contribution is 5.89. The van der Waals surface area contributed by atoms with Crippen molar-refractivity contribution in [1.82, 2.24) is 4.90 Å². The normalized spacial score (nSPS) is 15.5. The zero-order valence-corrected chi connectivity index (χ0v) is 17.3. The topological polar surface area (TPSA) is 104 Å². The van der Waals surface area contributed by atoms with Gasteiger partial charge < -0.3 is 19.8 Å². The van der Waals surface area contributed by atoms with Crippen LogP contribution in [-0.2, 0) is 25.5 Å². The van der Waals surface area contributed by atoms with Gasteiger partial charge in [-0.05, 0) is 12.0 Å². The highest BCUT2D eigenvalue weighted by atomic mass is 16.6. The minimum atomic E-state index is -1.26. The van der Waals surface area contributed by atoms with Crippen LogP contribution < -0.4 is 0 Å². The molecule has 2 N–H and O–H groups in total. The molecule has 2 rings (SSSR count). The minimum absolute atomic E-state index is 0.145. The van der Waals surface area contributed by atoms with Crippen molar-refractivity contribution in [2.75, 3.05) is 19.6 Å². The Kier molecular flexibility index (Phi) is 10.9. The van der Waals surface area contributed by atoms with Gasteiger partial charge in [-0.15, -0.1) is 12.3 Å². The van der Waals surface area contributed by atoms with Crippen molar-refractivity contribution in [3.8, 4) is 12.3 Å². The van der Waals surface area contributed by atoms with Gasteiger partial charge in [0, 0.05) is 57.5 Å². The SMILES string of the molecule is C#CCC1(OC(=O)CC)CCN(CCc2ccccc2)CC1.O=C(O)/C=C/C(=O)O. The molecule has 0 unspecified atom stereocenters. The fourth-order valence-corrected chi connectivity index (χ4v) is 3.07. The minimum Gasteiger partial charge on any atom is -0.478 e. The summed E-state index contributed by atoms with van der Waals surface area (Å²) in [5.74, 6) is 0.0252. The molecule has 1 aliphatic heterocycles. The van der Waals surface area contributed by atoms with Crippen molar-refractivity contribution >= 4 is 17.9 Å². The molecule has 30 heavy (non-hydrogen) atoms. The van der Waals surface area contributed by atoms with Gasteiger partial charge >= 0.3 is 17.9 Å². The van der Waals surface area contributed by atoms with E-state index in [0.717, 1.165) is 38.9 Å². The molecule has 0 atom stereocenters. The van der Waals surface area contributed by atoms with Crippen molar-refractivity contribution < 1.29 is 29.3 Å². The molecule has 1 aliphatic rings. The first kappa shape index (κ1) is 24.9. The number of carboxylic acid groups (broad SMARTS) is 2. The van der Waals surface area contributed by atoms with Crippen molar-refractivity contribution in [3.63, 3.8) is 0 Å². The van der Waals surface area contributed by atoms with Crippen molar-refractivity contribution in [3.05, 3.63) is 48.0 Å². The number of esters is 1. The molecule has 162 valence electrons. The van der Waals surface area contributed by atoms with E-state index in [9.17, 15) is 14.4 Å². The molecule has 0 aromatic heterocycles. The number of nitrogens with zero attached hydrogens (tertiary/aromatic N) is 1. The zero-order chi connectivity index (χ0) is 22.4. The Hall–Kier alpha value is -3.11. The van der Waals surface area contributed by atoms with E-state index in [-0.39, 0.29) is 5.97 Å². The van der Waals surface area contributed by atoms with E-state index in [2.05, 4.69) is 35.1 Å². The maximum absolute atomic E-state index is 11.6. The lowest BCUT2D eigenvalue weighted by molar-refractivity contribution is -0.164. The van der Waals surface area contributed by atoms with Crippen LogP contribution in [0.25, 0.3) is 0 Å². The van der Waals surface area contributed by atoms with Gasteiger partial charge in [-0.2, -0.15) is 0 Å². The predicted molar refractivity (Wildman–Crippen MR) is 113 cm³/mol. The highest BCUT2D eigenvalue weighted by Gasteiger charge is 2.37. The number of carboxylic acids is 2. The first-order valence-electron chi connectivity index (χ1n) is 9.85. The van der Waals surface area contributed by atoms with Crippen molar-refractivity contribution in [1.29, 1.82) is 0 Å². The van der Waals surface area contributed by atoms with Crippen LogP contribution in [0.3, 0.4) is 0 Å². The van der Waals surface area contributed by atoms with Crippen LogP contribution in [0.15, 0.2) is 42.5 Å². The maximum atomic E-state index is 11.6. The summed E-state index contributed by atoms with van der Waals surface area (Å²) in [6.45, 7) is 4.73. The monoisotopic (exact) mass is 415 g/mol. The number of aliphatic carboxylic acids is 2. The summed E-state index contributed by atoms with van der Waals surface area (Å²) in [5, 5.41) is 15.6. The highest BCUT2D eigenvalue weighted by Crippen LogP contribution is 2.30. The summed E-state index contributed by atoms with van der Waals surface area (Å²) in [4.78, 5) is 33.2. The second-order valence-electron chi connectivity index (χ2n) is 6.98. The van der Waals surface area contributed by atoms with E-state index in [1.54, 1.807) is 0 Å². The molecule has 7 nitrogen and oxygen atoms in total. The summed E-state index contributed by atoms with van der Waals surface area (Å²) in [6, 6.07) is 10.5. The van der Waals surface area contributed by atoms with Crippen LogP contribution in [0.2, 0.25) is 0 Å². The van der Waals surface area contributed by atoms with Gasteiger partial charge in [0.25, 0.3) is 0 Å². The number of carbonyl (C=O) groups excluding carboxylic acids is 1. The van der Waals surface area contributed by atoms with E-state index in [1.165, 1.54) is 5.56 Å². The summed E-state index contributed by atoms with van der Waals surface area (Å²) in [7, 11) is 0. The second-order valence-corrected chi connectivity index (χ2v) is 6.98. The summed E-state index contributed by atoms with van der Waals surface area (Å²) >= 11 is 0. The molecule has 0 aliphatic carbocycles. The van der Waals surface area contributed by atoms with Gasteiger partial charge in [-0.3, -0.25) is 4.79 Å². The molecule has 1 heterocycles. The number of hydrogen-bond acceptors (Lipinski definition) is 5. The number of ether oxygens (including phenoxy) is 1. The summed E-state index contributed by atoms with van der Waals surface area (Å²) in [5.41, 5.74) is 0.922. The Morgan fingerprint density at radius 1 is 1.13 bits per heavy atom.